The van der Waals surface area contributed by atoms with Crippen molar-refractivity contribution in [2.45, 2.75) is 52.0 Å². The molecule has 0 aromatic heterocycles. The fourth-order valence-corrected chi connectivity index (χ4v) is 3.09. The molecule has 4 heteroatoms. The zero-order valence-corrected chi connectivity index (χ0v) is 13.8. The van der Waals surface area contributed by atoms with Crippen LogP contribution in [-0.2, 0) is 0 Å². The van der Waals surface area contributed by atoms with Gasteiger partial charge >= 0.3 is 6.03 Å². The third kappa shape index (κ3) is 4.93. The van der Waals surface area contributed by atoms with Gasteiger partial charge in [0.1, 0.15) is 12.4 Å². The van der Waals surface area contributed by atoms with Crippen LogP contribution in [0, 0.1) is 6.92 Å². The average Bonchev–Trinajstić information content (AvgIpc) is 2.53. The molecule has 0 heterocycles. The van der Waals surface area contributed by atoms with Gasteiger partial charge in [-0.15, -0.1) is 0 Å². The van der Waals surface area contributed by atoms with E-state index in [1.54, 1.807) is 0 Å². The molecule has 1 saturated carbocycles. The lowest BCUT2D eigenvalue weighted by atomic mass is 9.94. The molecule has 2 amide bonds. The maximum atomic E-state index is 12.3. The molecule has 0 unspecified atom stereocenters. The van der Waals surface area contributed by atoms with Crippen LogP contribution in [-0.4, -0.2) is 36.7 Å². The van der Waals surface area contributed by atoms with Crippen LogP contribution in [0.15, 0.2) is 24.3 Å². The predicted molar refractivity (Wildman–Crippen MR) is 89.3 cm³/mol. The van der Waals surface area contributed by atoms with Crippen LogP contribution >= 0.6 is 0 Å². The van der Waals surface area contributed by atoms with Crippen LogP contribution in [0.3, 0.4) is 0 Å². The Morgan fingerprint density at radius 3 is 2.77 bits per heavy atom. The molecule has 0 saturated heterocycles. The van der Waals surface area contributed by atoms with Crippen molar-refractivity contribution >= 4 is 6.03 Å². The molecule has 1 aliphatic carbocycles. The van der Waals surface area contributed by atoms with Crippen LogP contribution in [0.4, 0.5) is 4.79 Å². The first kappa shape index (κ1) is 16.7. The highest BCUT2D eigenvalue weighted by molar-refractivity contribution is 5.74. The molecule has 2 rings (SSSR count). The summed E-state index contributed by atoms with van der Waals surface area (Å²) in [4.78, 5) is 14.3. The van der Waals surface area contributed by atoms with Gasteiger partial charge in [-0.2, -0.15) is 0 Å². The number of rotatable bonds is 6. The lowest BCUT2D eigenvalue weighted by molar-refractivity contribution is 0.158. The van der Waals surface area contributed by atoms with E-state index in [9.17, 15) is 4.79 Å². The van der Waals surface area contributed by atoms with E-state index >= 15 is 0 Å². The zero-order chi connectivity index (χ0) is 15.8. The lowest BCUT2D eigenvalue weighted by Gasteiger charge is -2.33. The van der Waals surface area contributed by atoms with E-state index in [0.29, 0.717) is 19.2 Å². The monoisotopic (exact) mass is 304 g/mol. The Labute approximate surface area is 133 Å². The summed E-state index contributed by atoms with van der Waals surface area (Å²) < 4.78 is 5.66. The van der Waals surface area contributed by atoms with E-state index in [-0.39, 0.29) is 6.03 Å². The molecule has 1 aromatic carbocycles. The first-order valence-corrected chi connectivity index (χ1v) is 8.44. The highest BCUT2D eigenvalue weighted by Gasteiger charge is 2.23. The van der Waals surface area contributed by atoms with Crippen molar-refractivity contribution < 1.29 is 9.53 Å². The molecule has 0 bridgehead atoms. The quantitative estimate of drug-likeness (QED) is 0.813. The second kappa shape index (κ2) is 8.66. The van der Waals surface area contributed by atoms with Gasteiger partial charge in [0.05, 0.1) is 6.54 Å². The molecule has 1 aromatic rings. The maximum absolute atomic E-state index is 12.3. The van der Waals surface area contributed by atoms with Gasteiger partial charge in [0.2, 0.25) is 0 Å². The van der Waals surface area contributed by atoms with E-state index < -0.39 is 0 Å². The summed E-state index contributed by atoms with van der Waals surface area (Å²) in [6.45, 7) is 5.90. The Bertz CT molecular complexity index is 470. The number of hydrogen-bond acceptors (Lipinski definition) is 2. The summed E-state index contributed by atoms with van der Waals surface area (Å²) in [5.74, 6) is 0.855. The molecule has 1 N–H and O–H groups in total. The zero-order valence-electron chi connectivity index (χ0n) is 13.8. The third-order valence-electron chi connectivity index (χ3n) is 4.25. The smallest absolute Gasteiger partial charge is 0.317 e. The van der Waals surface area contributed by atoms with Crippen LogP contribution in [0.5, 0.6) is 5.75 Å². The number of aryl methyl sites for hydroxylation is 1. The number of benzene rings is 1. The molecule has 1 fully saturated rings. The van der Waals surface area contributed by atoms with Gasteiger partial charge < -0.3 is 15.0 Å². The summed E-state index contributed by atoms with van der Waals surface area (Å²) in [7, 11) is 0. The predicted octanol–water partition coefficient (Wildman–Crippen LogP) is 3.74. The molecule has 22 heavy (non-hydrogen) atoms. The van der Waals surface area contributed by atoms with Gasteiger partial charge in [0.15, 0.2) is 0 Å². The molecule has 0 spiro atoms. The highest BCUT2D eigenvalue weighted by atomic mass is 16.5. The van der Waals surface area contributed by atoms with E-state index in [0.717, 1.165) is 25.1 Å². The van der Waals surface area contributed by atoms with Gasteiger partial charge in [-0.3, -0.25) is 0 Å². The van der Waals surface area contributed by atoms with Crippen molar-refractivity contribution in [2.24, 2.45) is 0 Å². The second-order valence-electron chi connectivity index (χ2n) is 5.97. The molecule has 122 valence electrons. The number of nitrogens with zero attached hydrogens (tertiary/aromatic N) is 1. The largest absolute Gasteiger partial charge is 0.492 e. The number of carbonyl (C=O) groups is 1. The van der Waals surface area contributed by atoms with Crippen LogP contribution < -0.4 is 10.1 Å². The summed E-state index contributed by atoms with van der Waals surface area (Å²) in [5.41, 5.74) is 1.18. The van der Waals surface area contributed by atoms with Gasteiger partial charge in [-0.05, 0) is 44.4 Å². The van der Waals surface area contributed by atoms with E-state index in [1.165, 1.54) is 24.8 Å². The van der Waals surface area contributed by atoms with Gasteiger partial charge in [-0.1, -0.05) is 31.4 Å². The van der Waals surface area contributed by atoms with Crippen LogP contribution in [0.1, 0.15) is 44.6 Å². The lowest BCUT2D eigenvalue weighted by Crippen LogP contribution is -2.47. The average molecular weight is 304 g/mol. The normalized spacial score (nSPS) is 15.4. The molecule has 0 aliphatic heterocycles. The molecule has 0 atom stereocenters. The van der Waals surface area contributed by atoms with Crippen molar-refractivity contribution in [1.82, 2.24) is 10.2 Å². The van der Waals surface area contributed by atoms with Crippen molar-refractivity contribution in [1.29, 1.82) is 0 Å². The van der Waals surface area contributed by atoms with E-state index in [2.05, 4.69) is 12.2 Å². The van der Waals surface area contributed by atoms with Gasteiger partial charge in [-0.25, -0.2) is 4.79 Å². The molecule has 4 nitrogen and oxygen atoms in total. The Balaban J connectivity index is 1.71. The summed E-state index contributed by atoms with van der Waals surface area (Å²) in [6.07, 6.45) is 6.07. The fourth-order valence-electron chi connectivity index (χ4n) is 3.09. The van der Waals surface area contributed by atoms with Crippen molar-refractivity contribution in [3.8, 4) is 5.75 Å². The third-order valence-corrected chi connectivity index (χ3v) is 4.25. The highest BCUT2D eigenvalue weighted by Crippen LogP contribution is 2.22. The Morgan fingerprint density at radius 2 is 2.09 bits per heavy atom. The number of hydrogen-bond donors (Lipinski definition) is 1. The molecule has 1 aliphatic rings. The SMILES string of the molecule is CCN(C(=O)NCCOc1cccc(C)c1)C1CCCCC1. The first-order chi connectivity index (χ1) is 10.7. The Morgan fingerprint density at radius 1 is 1.32 bits per heavy atom. The molecular formula is C18H28N2O2. The number of amides is 2. The minimum atomic E-state index is 0.0437. The molecular weight excluding hydrogens is 276 g/mol. The van der Waals surface area contributed by atoms with Crippen LogP contribution in [0.25, 0.3) is 0 Å². The van der Waals surface area contributed by atoms with Gasteiger partial charge in [0, 0.05) is 12.6 Å². The molecule has 0 radical (unpaired) electrons. The Kier molecular flexibility index (Phi) is 6.56. The first-order valence-electron chi connectivity index (χ1n) is 8.44. The second-order valence-corrected chi connectivity index (χ2v) is 5.97. The van der Waals surface area contributed by atoms with E-state index in [4.69, 9.17) is 4.74 Å². The Hall–Kier alpha value is -1.71. The maximum Gasteiger partial charge on any atom is 0.317 e. The van der Waals surface area contributed by atoms with Crippen molar-refractivity contribution in [2.75, 3.05) is 19.7 Å². The fraction of sp³-hybridized carbons (Fsp3) is 0.611. The van der Waals surface area contributed by atoms with Crippen LogP contribution in [0.2, 0.25) is 0 Å². The minimum Gasteiger partial charge on any atom is -0.492 e. The number of ether oxygens (including phenoxy) is 1. The van der Waals surface area contributed by atoms with Crippen molar-refractivity contribution in [3.05, 3.63) is 29.8 Å². The van der Waals surface area contributed by atoms with Crippen molar-refractivity contribution in [3.63, 3.8) is 0 Å². The van der Waals surface area contributed by atoms with Gasteiger partial charge in [0.25, 0.3) is 0 Å². The standard InChI is InChI=1S/C18H28N2O2/c1-3-20(16-9-5-4-6-10-16)18(21)19-12-13-22-17-11-7-8-15(2)14-17/h7-8,11,14,16H,3-6,9-10,12-13H2,1-2H3,(H,19,21). The number of carbonyl (C=O) groups excluding carboxylic acids is 1. The minimum absolute atomic E-state index is 0.0437. The summed E-state index contributed by atoms with van der Waals surface area (Å²) >= 11 is 0. The number of urea groups is 1. The van der Waals surface area contributed by atoms with E-state index in [1.807, 2.05) is 36.1 Å². The summed E-state index contributed by atoms with van der Waals surface area (Å²) in [6, 6.07) is 8.42. The topological polar surface area (TPSA) is 41.6 Å². The summed E-state index contributed by atoms with van der Waals surface area (Å²) in [5, 5.41) is 2.98. The number of nitrogens with one attached hydrogen (secondary N) is 1.